The number of ether oxygens (including phenoxy) is 1. The Morgan fingerprint density at radius 2 is 1.50 bits per heavy atom. The standard InChI is InChI=1S/C30H37N3O7/c1-4-6-17-31(18-7-5-2)19-8-20-32-26(21-9-11-23(12-10-21)30(37)40-3)25(28(35)29(32)36)27(34)22-13-15-24(16-14-22)33(38)39/h9-16,26,34H,4-8,17-20H2,1-3H3/t26-/m1/s1. The summed E-state index contributed by atoms with van der Waals surface area (Å²) < 4.78 is 4.77. The molecule has 0 aromatic heterocycles. The number of rotatable bonds is 14. The van der Waals surface area contributed by atoms with E-state index in [0.29, 0.717) is 24.1 Å². The van der Waals surface area contributed by atoms with Gasteiger partial charge in [0, 0.05) is 24.2 Å². The third kappa shape index (κ3) is 7.12. The average molecular weight is 552 g/mol. The van der Waals surface area contributed by atoms with Gasteiger partial charge in [0.05, 0.1) is 29.2 Å². The van der Waals surface area contributed by atoms with Crippen molar-refractivity contribution in [2.45, 2.75) is 52.0 Å². The van der Waals surface area contributed by atoms with Crippen LogP contribution in [0.1, 0.15) is 73.5 Å². The lowest BCUT2D eigenvalue weighted by Gasteiger charge is -2.27. The number of benzene rings is 2. The summed E-state index contributed by atoms with van der Waals surface area (Å²) >= 11 is 0. The van der Waals surface area contributed by atoms with E-state index in [9.17, 15) is 29.6 Å². The van der Waals surface area contributed by atoms with Crippen LogP contribution in [-0.4, -0.2) is 70.8 Å². The van der Waals surface area contributed by atoms with E-state index in [1.165, 1.54) is 36.3 Å². The SMILES string of the molecule is CCCCN(CCCC)CCCN1C(=O)C(=O)C(=C(O)c2ccc([N+](=O)[O-])cc2)[C@H]1c1ccc(C(=O)OC)cc1. The summed E-state index contributed by atoms with van der Waals surface area (Å²) in [5.41, 5.74) is 0.774. The predicted octanol–water partition coefficient (Wildman–Crippen LogP) is 5.10. The summed E-state index contributed by atoms with van der Waals surface area (Å²) in [5.74, 6) is -2.48. The fourth-order valence-corrected chi connectivity index (χ4v) is 4.84. The van der Waals surface area contributed by atoms with Crippen molar-refractivity contribution in [1.29, 1.82) is 0 Å². The number of unbranched alkanes of at least 4 members (excludes halogenated alkanes) is 2. The molecule has 1 aliphatic heterocycles. The molecule has 40 heavy (non-hydrogen) atoms. The largest absolute Gasteiger partial charge is 0.507 e. The summed E-state index contributed by atoms with van der Waals surface area (Å²) in [6.07, 6.45) is 4.96. The highest BCUT2D eigenvalue weighted by Gasteiger charge is 2.45. The van der Waals surface area contributed by atoms with Crippen LogP contribution < -0.4 is 0 Å². The molecule has 1 fully saturated rings. The molecule has 214 valence electrons. The average Bonchev–Trinajstić information content (AvgIpc) is 3.22. The minimum Gasteiger partial charge on any atom is -0.507 e. The number of non-ortho nitro benzene ring substituents is 1. The van der Waals surface area contributed by atoms with Gasteiger partial charge < -0.3 is 19.6 Å². The maximum atomic E-state index is 13.3. The zero-order valence-electron chi connectivity index (χ0n) is 23.3. The Hall–Kier alpha value is -4.05. The molecule has 1 amide bonds. The Kier molecular flexibility index (Phi) is 11.0. The number of aliphatic hydroxyl groups excluding tert-OH is 1. The minimum atomic E-state index is -0.887. The Bertz CT molecular complexity index is 1230. The molecule has 0 spiro atoms. The molecule has 1 atom stereocenters. The van der Waals surface area contributed by atoms with Gasteiger partial charge in [-0.1, -0.05) is 38.8 Å². The first-order valence-corrected chi connectivity index (χ1v) is 13.7. The number of carbonyl (C=O) groups excluding carboxylic acids is 3. The van der Waals surface area contributed by atoms with Crippen molar-refractivity contribution in [2.75, 3.05) is 33.3 Å². The van der Waals surface area contributed by atoms with Crippen LogP contribution in [0.2, 0.25) is 0 Å². The number of likely N-dealkylation sites (tertiary alicyclic amines) is 1. The monoisotopic (exact) mass is 551 g/mol. The van der Waals surface area contributed by atoms with Crippen molar-refractivity contribution in [3.8, 4) is 0 Å². The molecule has 0 bridgehead atoms. The van der Waals surface area contributed by atoms with Gasteiger partial charge in [0.15, 0.2) is 0 Å². The number of nitrogens with zero attached hydrogens (tertiary/aromatic N) is 3. The van der Waals surface area contributed by atoms with E-state index < -0.39 is 34.4 Å². The molecule has 0 unspecified atom stereocenters. The predicted molar refractivity (Wildman–Crippen MR) is 151 cm³/mol. The molecule has 1 heterocycles. The molecule has 0 radical (unpaired) electrons. The van der Waals surface area contributed by atoms with Gasteiger partial charge in [-0.2, -0.15) is 0 Å². The van der Waals surface area contributed by atoms with Crippen LogP contribution in [0, 0.1) is 10.1 Å². The summed E-state index contributed by atoms with van der Waals surface area (Å²) in [7, 11) is 1.28. The number of ketones is 1. The van der Waals surface area contributed by atoms with Crippen molar-refractivity contribution in [3.63, 3.8) is 0 Å². The van der Waals surface area contributed by atoms with E-state index in [2.05, 4.69) is 18.7 Å². The fraction of sp³-hybridized carbons (Fsp3) is 0.433. The number of aliphatic hydroxyl groups is 1. The van der Waals surface area contributed by atoms with Crippen molar-refractivity contribution in [2.24, 2.45) is 0 Å². The fourth-order valence-electron chi connectivity index (χ4n) is 4.84. The van der Waals surface area contributed by atoms with Crippen LogP contribution in [-0.2, 0) is 14.3 Å². The van der Waals surface area contributed by atoms with Gasteiger partial charge in [-0.25, -0.2) is 4.79 Å². The number of amides is 1. The van der Waals surface area contributed by atoms with E-state index in [-0.39, 0.29) is 16.8 Å². The quantitative estimate of drug-likeness (QED) is 0.0858. The summed E-state index contributed by atoms with van der Waals surface area (Å²) in [6.45, 7) is 7.28. The molecule has 1 aliphatic rings. The van der Waals surface area contributed by atoms with Crippen LogP contribution in [0.5, 0.6) is 0 Å². The summed E-state index contributed by atoms with van der Waals surface area (Å²) in [4.78, 5) is 52.9. The van der Waals surface area contributed by atoms with Gasteiger partial charge in [0.2, 0.25) is 0 Å². The number of nitro groups is 1. The summed E-state index contributed by atoms with van der Waals surface area (Å²) in [5, 5.41) is 22.3. The lowest BCUT2D eigenvalue weighted by molar-refractivity contribution is -0.384. The van der Waals surface area contributed by atoms with E-state index >= 15 is 0 Å². The van der Waals surface area contributed by atoms with Crippen LogP contribution in [0.4, 0.5) is 5.69 Å². The summed E-state index contributed by atoms with van der Waals surface area (Å²) in [6, 6.07) is 10.6. The van der Waals surface area contributed by atoms with Gasteiger partial charge in [0.1, 0.15) is 5.76 Å². The molecule has 10 heteroatoms. The lowest BCUT2D eigenvalue weighted by Crippen LogP contribution is -2.34. The number of methoxy groups -OCH3 is 1. The van der Waals surface area contributed by atoms with Crippen LogP contribution in [0.25, 0.3) is 5.76 Å². The number of hydrogen-bond acceptors (Lipinski definition) is 8. The second-order valence-corrected chi connectivity index (χ2v) is 9.81. The first-order chi connectivity index (χ1) is 19.2. The Morgan fingerprint density at radius 1 is 0.950 bits per heavy atom. The van der Waals surface area contributed by atoms with Crippen molar-refractivity contribution in [1.82, 2.24) is 9.80 Å². The Balaban J connectivity index is 1.97. The first-order valence-electron chi connectivity index (χ1n) is 13.7. The van der Waals surface area contributed by atoms with Gasteiger partial charge in [-0.15, -0.1) is 0 Å². The molecule has 0 aliphatic carbocycles. The zero-order chi connectivity index (χ0) is 29.2. The second kappa shape index (κ2) is 14.4. The number of nitro benzene ring substituents is 1. The molecule has 0 saturated carbocycles. The third-order valence-electron chi connectivity index (χ3n) is 7.07. The molecular weight excluding hydrogens is 514 g/mol. The molecule has 2 aromatic carbocycles. The first kappa shape index (κ1) is 30.5. The van der Waals surface area contributed by atoms with Crippen LogP contribution in [0.15, 0.2) is 54.1 Å². The highest BCUT2D eigenvalue weighted by Crippen LogP contribution is 2.39. The lowest BCUT2D eigenvalue weighted by atomic mass is 9.94. The van der Waals surface area contributed by atoms with Crippen molar-refractivity contribution >= 4 is 29.1 Å². The van der Waals surface area contributed by atoms with Crippen molar-refractivity contribution < 1.29 is 29.2 Å². The minimum absolute atomic E-state index is 0.0986. The number of hydrogen-bond donors (Lipinski definition) is 1. The zero-order valence-corrected chi connectivity index (χ0v) is 23.3. The highest BCUT2D eigenvalue weighted by atomic mass is 16.6. The number of esters is 1. The van der Waals surface area contributed by atoms with E-state index in [1.807, 2.05) is 0 Å². The maximum Gasteiger partial charge on any atom is 0.337 e. The third-order valence-corrected chi connectivity index (χ3v) is 7.07. The van der Waals surface area contributed by atoms with Gasteiger partial charge in [0.25, 0.3) is 17.4 Å². The topological polar surface area (TPSA) is 130 Å². The van der Waals surface area contributed by atoms with Crippen LogP contribution >= 0.6 is 0 Å². The molecule has 3 rings (SSSR count). The number of Topliss-reactive ketones (excluding diaryl/α,β-unsaturated/α-hetero) is 1. The molecule has 10 nitrogen and oxygen atoms in total. The molecule has 2 aromatic rings. The van der Waals surface area contributed by atoms with E-state index in [0.717, 1.165) is 45.3 Å². The normalized spacial score (nSPS) is 16.5. The van der Waals surface area contributed by atoms with Crippen LogP contribution in [0.3, 0.4) is 0 Å². The second-order valence-electron chi connectivity index (χ2n) is 9.81. The Labute approximate surface area is 234 Å². The van der Waals surface area contributed by atoms with Crippen molar-refractivity contribution in [3.05, 3.63) is 80.9 Å². The Morgan fingerprint density at radius 3 is 2.02 bits per heavy atom. The highest BCUT2D eigenvalue weighted by molar-refractivity contribution is 6.46. The van der Waals surface area contributed by atoms with E-state index in [1.54, 1.807) is 24.3 Å². The molecule has 1 saturated heterocycles. The van der Waals surface area contributed by atoms with Gasteiger partial charge >= 0.3 is 5.97 Å². The van der Waals surface area contributed by atoms with E-state index in [4.69, 9.17) is 4.74 Å². The number of carbonyl (C=O) groups is 3. The van der Waals surface area contributed by atoms with Gasteiger partial charge in [-0.3, -0.25) is 19.7 Å². The molecular formula is C30H37N3O7. The smallest absolute Gasteiger partial charge is 0.337 e. The van der Waals surface area contributed by atoms with Gasteiger partial charge in [-0.05, 0) is 68.7 Å². The molecule has 1 N–H and O–H groups in total. The maximum absolute atomic E-state index is 13.3.